The lowest BCUT2D eigenvalue weighted by atomic mass is 10.0. The average molecular weight is 261 g/mol. The van der Waals surface area contributed by atoms with Gasteiger partial charge in [0.15, 0.2) is 0 Å². The number of para-hydroxylation sites is 1. The van der Waals surface area contributed by atoms with E-state index in [2.05, 4.69) is 17.9 Å². The second-order valence-corrected chi connectivity index (χ2v) is 5.15. The first kappa shape index (κ1) is 13.9. The molecule has 3 heteroatoms. The summed E-state index contributed by atoms with van der Waals surface area (Å²) in [6.07, 6.45) is 4.72. The van der Waals surface area contributed by atoms with Crippen LogP contribution in [0.25, 0.3) is 0 Å². The summed E-state index contributed by atoms with van der Waals surface area (Å²) < 4.78 is 5.40. The molecule has 104 valence electrons. The van der Waals surface area contributed by atoms with Crippen LogP contribution in [-0.4, -0.2) is 30.5 Å². The predicted molar refractivity (Wildman–Crippen MR) is 76.3 cm³/mol. The number of carbonyl (C=O) groups excluding carboxylic acids is 1. The molecule has 0 bridgehead atoms. The van der Waals surface area contributed by atoms with Gasteiger partial charge < -0.3 is 9.64 Å². The largest absolute Gasteiger partial charge is 0.496 e. The molecule has 1 aliphatic heterocycles. The van der Waals surface area contributed by atoms with E-state index < -0.39 is 0 Å². The van der Waals surface area contributed by atoms with Gasteiger partial charge >= 0.3 is 0 Å². The molecular formula is C16H23NO2. The van der Waals surface area contributed by atoms with Gasteiger partial charge in [0.25, 0.3) is 0 Å². The van der Waals surface area contributed by atoms with E-state index in [1.54, 1.807) is 7.11 Å². The molecule has 0 saturated carbocycles. The van der Waals surface area contributed by atoms with E-state index in [0.29, 0.717) is 18.4 Å². The molecule has 1 aromatic rings. The van der Waals surface area contributed by atoms with Gasteiger partial charge in [-0.25, -0.2) is 0 Å². The quantitative estimate of drug-likeness (QED) is 0.815. The average Bonchev–Trinajstić information content (AvgIpc) is 2.88. The summed E-state index contributed by atoms with van der Waals surface area (Å²) >= 11 is 0. The van der Waals surface area contributed by atoms with Crippen LogP contribution < -0.4 is 4.74 Å². The molecule has 1 aromatic carbocycles. The Morgan fingerprint density at radius 1 is 1.42 bits per heavy atom. The Bertz CT molecular complexity index is 431. The molecule has 0 aromatic heterocycles. The summed E-state index contributed by atoms with van der Waals surface area (Å²) in [6, 6.07) is 8.44. The third-order valence-corrected chi connectivity index (χ3v) is 3.81. The second kappa shape index (κ2) is 6.60. The van der Waals surface area contributed by atoms with Crippen LogP contribution in [0.1, 0.15) is 38.2 Å². The van der Waals surface area contributed by atoms with Crippen molar-refractivity contribution in [2.24, 2.45) is 0 Å². The topological polar surface area (TPSA) is 29.5 Å². The number of methoxy groups -OCH3 is 1. The van der Waals surface area contributed by atoms with Gasteiger partial charge in [0.2, 0.25) is 5.91 Å². The number of hydrogen-bond donors (Lipinski definition) is 0. The van der Waals surface area contributed by atoms with Gasteiger partial charge in [0.05, 0.1) is 7.11 Å². The SMILES string of the molecule is CCCC(=O)N1CCCC1Cc1ccccc1OC. The Morgan fingerprint density at radius 2 is 2.21 bits per heavy atom. The van der Waals surface area contributed by atoms with Crippen molar-refractivity contribution in [3.05, 3.63) is 29.8 Å². The first-order valence-electron chi connectivity index (χ1n) is 7.17. The molecule has 1 fully saturated rings. The van der Waals surface area contributed by atoms with Crippen molar-refractivity contribution in [3.63, 3.8) is 0 Å². The van der Waals surface area contributed by atoms with Crippen molar-refractivity contribution in [1.82, 2.24) is 4.90 Å². The van der Waals surface area contributed by atoms with Crippen LogP contribution in [0.3, 0.4) is 0 Å². The number of likely N-dealkylation sites (tertiary alicyclic amines) is 1. The minimum absolute atomic E-state index is 0.305. The lowest BCUT2D eigenvalue weighted by molar-refractivity contribution is -0.132. The highest BCUT2D eigenvalue weighted by atomic mass is 16.5. The molecule has 0 aliphatic carbocycles. The van der Waals surface area contributed by atoms with Gasteiger partial charge in [-0.3, -0.25) is 4.79 Å². The minimum Gasteiger partial charge on any atom is -0.496 e. The Morgan fingerprint density at radius 3 is 2.95 bits per heavy atom. The number of nitrogens with zero attached hydrogens (tertiary/aromatic N) is 1. The smallest absolute Gasteiger partial charge is 0.222 e. The predicted octanol–water partition coefficient (Wildman–Crippen LogP) is 3.03. The molecule has 1 saturated heterocycles. The fraction of sp³-hybridized carbons (Fsp3) is 0.562. The summed E-state index contributed by atoms with van der Waals surface area (Å²) in [5.74, 6) is 1.23. The van der Waals surface area contributed by atoms with E-state index >= 15 is 0 Å². The third kappa shape index (κ3) is 3.28. The van der Waals surface area contributed by atoms with E-state index in [9.17, 15) is 4.79 Å². The van der Waals surface area contributed by atoms with E-state index in [-0.39, 0.29) is 0 Å². The van der Waals surface area contributed by atoms with Gasteiger partial charge in [0.1, 0.15) is 5.75 Å². The summed E-state index contributed by atoms with van der Waals surface area (Å²) in [6.45, 7) is 2.97. The summed E-state index contributed by atoms with van der Waals surface area (Å²) in [5.41, 5.74) is 1.20. The number of rotatable bonds is 5. The van der Waals surface area contributed by atoms with Gasteiger partial charge in [0, 0.05) is 19.0 Å². The molecule has 19 heavy (non-hydrogen) atoms. The Kier molecular flexibility index (Phi) is 4.83. The van der Waals surface area contributed by atoms with Gasteiger partial charge in [-0.15, -0.1) is 0 Å². The maximum absolute atomic E-state index is 12.1. The third-order valence-electron chi connectivity index (χ3n) is 3.81. The molecular weight excluding hydrogens is 238 g/mol. The van der Waals surface area contributed by atoms with Gasteiger partial charge in [-0.05, 0) is 37.3 Å². The van der Waals surface area contributed by atoms with E-state index in [0.717, 1.165) is 38.0 Å². The molecule has 3 nitrogen and oxygen atoms in total. The van der Waals surface area contributed by atoms with Crippen LogP contribution in [-0.2, 0) is 11.2 Å². The van der Waals surface area contributed by atoms with Crippen LogP contribution in [0.4, 0.5) is 0 Å². The van der Waals surface area contributed by atoms with E-state index in [1.807, 2.05) is 18.2 Å². The highest BCUT2D eigenvalue weighted by molar-refractivity contribution is 5.76. The van der Waals surface area contributed by atoms with Crippen LogP contribution in [0.5, 0.6) is 5.75 Å². The highest BCUT2D eigenvalue weighted by Crippen LogP contribution is 2.26. The number of benzene rings is 1. The van der Waals surface area contributed by atoms with Crippen LogP contribution in [0.2, 0.25) is 0 Å². The Labute approximate surface area is 115 Å². The standard InChI is InChI=1S/C16H23NO2/c1-3-7-16(18)17-11-6-9-14(17)12-13-8-4-5-10-15(13)19-2/h4-5,8,10,14H,3,6-7,9,11-12H2,1-2H3. The monoisotopic (exact) mass is 261 g/mol. The van der Waals surface area contributed by atoms with Crippen molar-refractivity contribution in [2.75, 3.05) is 13.7 Å². The molecule has 0 radical (unpaired) electrons. The molecule has 1 heterocycles. The van der Waals surface area contributed by atoms with Crippen LogP contribution >= 0.6 is 0 Å². The zero-order chi connectivity index (χ0) is 13.7. The first-order valence-corrected chi connectivity index (χ1v) is 7.17. The lowest BCUT2D eigenvalue weighted by Crippen LogP contribution is -2.36. The number of amides is 1. The maximum atomic E-state index is 12.1. The zero-order valence-electron chi connectivity index (χ0n) is 11.9. The Hall–Kier alpha value is -1.51. The normalized spacial score (nSPS) is 18.6. The molecule has 1 unspecified atom stereocenters. The summed E-state index contributed by atoms with van der Waals surface area (Å²) in [7, 11) is 1.70. The molecule has 1 amide bonds. The number of hydrogen-bond acceptors (Lipinski definition) is 2. The lowest BCUT2D eigenvalue weighted by Gasteiger charge is -2.25. The summed E-state index contributed by atoms with van der Waals surface area (Å²) in [5, 5.41) is 0. The van der Waals surface area contributed by atoms with Gasteiger partial charge in [-0.2, -0.15) is 0 Å². The number of carbonyl (C=O) groups is 1. The minimum atomic E-state index is 0.305. The van der Waals surface area contributed by atoms with E-state index in [4.69, 9.17) is 4.74 Å². The molecule has 0 N–H and O–H groups in total. The van der Waals surface area contributed by atoms with Crippen molar-refractivity contribution in [2.45, 2.75) is 45.1 Å². The van der Waals surface area contributed by atoms with Crippen molar-refractivity contribution < 1.29 is 9.53 Å². The van der Waals surface area contributed by atoms with Crippen LogP contribution in [0.15, 0.2) is 24.3 Å². The molecule has 1 aliphatic rings. The molecule has 1 atom stereocenters. The second-order valence-electron chi connectivity index (χ2n) is 5.15. The highest BCUT2D eigenvalue weighted by Gasteiger charge is 2.28. The fourth-order valence-corrected chi connectivity index (χ4v) is 2.86. The van der Waals surface area contributed by atoms with E-state index in [1.165, 1.54) is 5.56 Å². The summed E-state index contributed by atoms with van der Waals surface area (Å²) in [4.78, 5) is 14.2. The first-order chi connectivity index (χ1) is 9.26. The Balaban J connectivity index is 2.07. The fourth-order valence-electron chi connectivity index (χ4n) is 2.86. The van der Waals surface area contributed by atoms with Crippen molar-refractivity contribution in [1.29, 1.82) is 0 Å². The zero-order valence-corrected chi connectivity index (χ0v) is 11.9. The molecule has 0 spiro atoms. The number of ether oxygens (including phenoxy) is 1. The van der Waals surface area contributed by atoms with Crippen molar-refractivity contribution in [3.8, 4) is 5.75 Å². The maximum Gasteiger partial charge on any atom is 0.222 e. The molecule has 2 rings (SSSR count). The van der Waals surface area contributed by atoms with Gasteiger partial charge in [-0.1, -0.05) is 25.1 Å². The van der Waals surface area contributed by atoms with Crippen LogP contribution in [0, 0.1) is 0 Å². The van der Waals surface area contributed by atoms with Crippen molar-refractivity contribution >= 4 is 5.91 Å².